The molecule has 0 radical (unpaired) electrons. The third kappa shape index (κ3) is 3.75. The second-order valence-electron chi connectivity index (χ2n) is 5.78. The first-order valence-electron chi connectivity index (χ1n) is 7.07. The van der Waals surface area contributed by atoms with Gasteiger partial charge in [0, 0.05) is 12.2 Å². The van der Waals surface area contributed by atoms with Crippen LogP contribution in [0, 0.1) is 12.8 Å². The predicted octanol–water partition coefficient (Wildman–Crippen LogP) is 3.52. The van der Waals surface area contributed by atoms with Crippen LogP contribution in [0.1, 0.15) is 38.8 Å². The molecule has 2 heterocycles. The van der Waals surface area contributed by atoms with E-state index in [2.05, 4.69) is 35.3 Å². The summed E-state index contributed by atoms with van der Waals surface area (Å²) in [6.45, 7) is 8.47. The van der Waals surface area contributed by atoms with Crippen LogP contribution < -0.4 is 0 Å². The number of hydrogen-bond acceptors (Lipinski definition) is 4. The van der Waals surface area contributed by atoms with Gasteiger partial charge in [-0.3, -0.25) is 4.79 Å². The molecule has 2 aromatic heterocycles. The summed E-state index contributed by atoms with van der Waals surface area (Å²) in [5.74, 6) is -0.268. The Balaban J connectivity index is 2.46. The first-order valence-corrected chi connectivity index (χ1v) is 8.06. The molecule has 1 N–H and O–H groups in total. The molecule has 0 aliphatic rings. The van der Waals surface area contributed by atoms with E-state index in [-0.39, 0.29) is 11.8 Å². The average Bonchev–Trinajstić information content (AvgIpc) is 2.72. The van der Waals surface area contributed by atoms with E-state index in [0.29, 0.717) is 5.92 Å². The van der Waals surface area contributed by atoms with Crippen molar-refractivity contribution in [2.75, 3.05) is 5.75 Å². The molecule has 0 amide bonds. The highest BCUT2D eigenvalue weighted by Gasteiger charge is 2.19. The number of nitrogens with zero attached hydrogens (tertiary/aromatic N) is 3. The number of imidazole rings is 1. The number of rotatable bonds is 6. The molecule has 1 unspecified atom stereocenters. The molecule has 114 valence electrons. The summed E-state index contributed by atoms with van der Waals surface area (Å²) in [7, 11) is 0. The van der Waals surface area contributed by atoms with Crippen molar-refractivity contribution in [2.24, 2.45) is 5.92 Å². The molecule has 6 heteroatoms. The molecule has 0 spiro atoms. The number of carboxylic acid groups (broad SMARTS) is 1. The number of pyridine rings is 1. The largest absolute Gasteiger partial charge is 0.481 e. The molecule has 0 fully saturated rings. The van der Waals surface area contributed by atoms with Crippen molar-refractivity contribution in [1.29, 1.82) is 0 Å². The highest BCUT2D eigenvalue weighted by Crippen LogP contribution is 2.29. The third-order valence-electron chi connectivity index (χ3n) is 3.21. The van der Waals surface area contributed by atoms with Gasteiger partial charge in [0.1, 0.15) is 5.52 Å². The van der Waals surface area contributed by atoms with Gasteiger partial charge in [0.05, 0.1) is 5.75 Å². The number of aliphatic carboxylic acids is 1. The van der Waals surface area contributed by atoms with Crippen molar-refractivity contribution in [3.63, 3.8) is 0 Å². The van der Waals surface area contributed by atoms with Crippen LogP contribution in [-0.2, 0) is 4.79 Å². The number of carboxylic acids is 1. The maximum absolute atomic E-state index is 10.8. The van der Waals surface area contributed by atoms with Gasteiger partial charge in [-0.2, -0.15) is 0 Å². The Hall–Kier alpha value is -1.56. The number of hydrogen-bond donors (Lipinski definition) is 1. The number of carbonyl (C=O) groups is 1. The Labute approximate surface area is 128 Å². The zero-order chi connectivity index (χ0) is 15.6. The van der Waals surface area contributed by atoms with Gasteiger partial charge in [-0.1, -0.05) is 25.6 Å². The van der Waals surface area contributed by atoms with Crippen molar-refractivity contribution in [2.45, 2.75) is 45.3 Å². The minimum Gasteiger partial charge on any atom is -0.481 e. The lowest BCUT2D eigenvalue weighted by molar-refractivity contribution is -0.133. The molecule has 0 saturated carbocycles. The first-order chi connectivity index (χ1) is 9.88. The van der Waals surface area contributed by atoms with Gasteiger partial charge in [-0.05, 0) is 37.8 Å². The standard InChI is InChI=1S/C15H21N3O2S/c1-9(2)5-11(4)18-14-12(6-10(3)7-16-14)17-15(18)21-8-13(19)20/h6-7,9,11H,5,8H2,1-4H3,(H,19,20). The first kappa shape index (κ1) is 15.8. The van der Waals surface area contributed by atoms with E-state index in [4.69, 9.17) is 5.11 Å². The number of thioether (sulfide) groups is 1. The van der Waals surface area contributed by atoms with Gasteiger partial charge in [0.15, 0.2) is 10.8 Å². The fourth-order valence-electron chi connectivity index (χ4n) is 2.47. The normalized spacial score (nSPS) is 13.0. The van der Waals surface area contributed by atoms with Gasteiger partial charge in [0.25, 0.3) is 0 Å². The van der Waals surface area contributed by atoms with Crippen molar-refractivity contribution < 1.29 is 9.90 Å². The second kappa shape index (κ2) is 6.47. The van der Waals surface area contributed by atoms with Crippen molar-refractivity contribution >= 4 is 28.9 Å². The summed E-state index contributed by atoms with van der Waals surface area (Å²) in [6.07, 6.45) is 2.83. The van der Waals surface area contributed by atoms with Crippen molar-refractivity contribution in [3.05, 3.63) is 17.8 Å². The highest BCUT2D eigenvalue weighted by molar-refractivity contribution is 7.99. The Morgan fingerprint density at radius 2 is 2.14 bits per heavy atom. The molecule has 21 heavy (non-hydrogen) atoms. The summed E-state index contributed by atoms with van der Waals surface area (Å²) in [5, 5.41) is 9.63. The van der Waals surface area contributed by atoms with E-state index in [9.17, 15) is 4.79 Å². The topological polar surface area (TPSA) is 68.0 Å². The predicted molar refractivity (Wildman–Crippen MR) is 84.8 cm³/mol. The number of aryl methyl sites for hydroxylation is 1. The molecule has 0 aliphatic heterocycles. The molecule has 0 aromatic carbocycles. The van der Waals surface area contributed by atoms with E-state index >= 15 is 0 Å². The van der Waals surface area contributed by atoms with E-state index in [1.54, 1.807) is 0 Å². The van der Waals surface area contributed by atoms with Gasteiger partial charge in [-0.15, -0.1) is 0 Å². The van der Waals surface area contributed by atoms with Crippen molar-refractivity contribution in [3.8, 4) is 0 Å². The summed E-state index contributed by atoms with van der Waals surface area (Å²) in [5.41, 5.74) is 2.72. The quantitative estimate of drug-likeness (QED) is 0.827. The summed E-state index contributed by atoms with van der Waals surface area (Å²) in [4.78, 5) is 19.9. The van der Waals surface area contributed by atoms with E-state index < -0.39 is 5.97 Å². The van der Waals surface area contributed by atoms with Gasteiger partial charge >= 0.3 is 5.97 Å². The number of aromatic nitrogens is 3. The molecule has 5 nitrogen and oxygen atoms in total. The lowest BCUT2D eigenvalue weighted by Gasteiger charge is -2.18. The van der Waals surface area contributed by atoms with Crippen LogP contribution in [0.2, 0.25) is 0 Å². The van der Waals surface area contributed by atoms with Crippen LogP contribution in [0.5, 0.6) is 0 Å². The highest BCUT2D eigenvalue weighted by atomic mass is 32.2. The zero-order valence-corrected chi connectivity index (χ0v) is 13.6. The van der Waals surface area contributed by atoms with Gasteiger partial charge in [0.2, 0.25) is 0 Å². The smallest absolute Gasteiger partial charge is 0.313 e. The van der Waals surface area contributed by atoms with Crippen LogP contribution in [0.25, 0.3) is 11.2 Å². The minimum absolute atomic E-state index is 0.0106. The maximum atomic E-state index is 10.8. The zero-order valence-electron chi connectivity index (χ0n) is 12.8. The summed E-state index contributed by atoms with van der Waals surface area (Å²) < 4.78 is 2.07. The van der Waals surface area contributed by atoms with Gasteiger partial charge < -0.3 is 9.67 Å². The minimum atomic E-state index is -0.834. The monoisotopic (exact) mass is 307 g/mol. The lowest BCUT2D eigenvalue weighted by Crippen LogP contribution is -2.11. The lowest BCUT2D eigenvalue weighted by atomic mass is 10.1. The van der Waals surface area contributed by atoms with Crippen LogP contribution in [0.4, 0.5) is 0 Å². The van der Waals surface area contributed by atoms with Crippen LogP contribution in [0.3, 0.4) is 0 Å². The summed E-state index contributed by atoms with van der Waals surface area (Å²) in [6, 6.07) is 2.23. The van der Waals surface area contributed by atoms with Crippen LogP contribution >= 0.6 is 11.8 Å². The molecular formula is C15H21N3O2S. The molecule has 0 bridgehead atoms. The average molecular weight is 307 g/mol. The Morgan fingerprint density at radius 1 is 1.43 bits per heavy atom. The molecule has 0 aliphatic carbocycles. The fraction of sp³-hybridized carbons (Fsp3) is 0.533. The number of fused-ring (bicyclic) bond motifs is 1. The van der Waals surface area contributed by atoms with Gasteiger partial charge in [-0.25, -0.2) is 9.97 Å². The van der Waals surface area contributed by atoms with E-state index in [0.717, 1.165) is 28.3 Å². The van der Waals surface area contributed by atoms with Crippen molar-refractivity contribution in [1.82, 2.24) is 14.5 Å². The third-order valence-corrected chi connectivity index (χ3v) is 4.15. The molecule has 2 rings (SSSR count). The SMILES string of the molecule is Cc1cnc2c(c1)nc(SCC(=O)O)n2C(C)CC(C)C. The van der Waals surface area contributed by atoms with Crippen LogP contribution in [-0.4, -0.2) is 31.4 Å². The summed E-state index contributed by atoms with van der Waals surface area (Å²) >= 11 is 1.25. The second-order valence-corrected chi connectivity index (χ2v) is 6.72. The molecular weight excluding hydrogens is 286 g/mol. The fourth-order valence-corrected chi connectivity index (χ4v) is 3.30. The molecule has 2 aromatic rings. The Kier molecular flexibility index (Phi) is 4.88. The Morgan fingerprint density at radius 3 is 2.76 bits per heavy atom. The van der Waals surface area contributed by atoms with E-state index in [1.807, 2.05) is 19.2 Å². The molecule has 0 saturated heterocycles. The maximum Gasteiger partial charge on any atom is 0.313 e. The van der Waals surface area contributed by atoms with E-state index in [1.165, 1.54) is 11.8 Å². The molecule has 1 atom stereocenters. The van der Waals surface area contributed by atoms with Crippen LogP contribution in [0.15, 0.2) is 17.4 Å². The Bertz CT molecular complexity index is 652.